The van der Waals surface area contributed by atoms with E-state index >= 15 is 0 Å². The highest BCUT2D eigenvalue weighted by Crippen LogP contribution is 2.39. The van der Waals surface area contributed by atoms with Gasteiger partial charge in [-0.25, -0.2) is 15.0 Å². The minimum atomic E-state index is -4.51. The summed E-state index contributed by atoms with van der Waals surface area (Å²) < 4.78 is 49.2. The zero-order chi connectivity index (χ0) is 28.3. The normalized spacial score (nSPS) is 16.7. The van der Waals surface area contributed by atoms with E-state index in [0.29, 0.717) is 38.1 Å². The lowest BCUT2D eigenvalue weighted by molar-refractivity contribution is -0.141. The number of rotatable bonds is 8. The van der Waals surface area contributed by atoms with E-state index in [0.717, 1.165) is 61.3 Å². The summed E-state index contributed by atoms with van der Waals surface area (Å²) in [5.41, 5.74) is 1.23. The zero-order valence-corrected chi connectivity index (χ0v) is 22.2. The highest BCUT2D eigenvalue weighted by molar-refractivity contribution is 5.85. The molecule has 2 aliphatic rings. The van der Waals surface area contributed by atoms with E-state index in [-0.39, 0.29) is 17.2 Å². The number of fused-ring (bicyclic) bond motifs is 1. The van der Waals surface area contributed by atoms with Crippen LogP contribution in [0.1, 0.15) is 43.1 Å². The maximum atomic E-state index is 12.7. The Morgan fingerprint density at radius 3 is 2.60 bits per heavy atom. The second-order valence-electron chi connectivity index (χ2n) is 10.1. The predicted molar refractivity (Wildman–Crippen MR) is 142 cm³/mol. The Morgan fingerprint density at radius 1 is 1.15 bits per heavy atom. The molecule has 1 N–H and O–H groups in total. The van der Waals surface area contributed by atoms with Gasteiger partial charge in [0.05, 0.1) is 11.9 Å². The third-order valence-electron chi connectivity index (χ3n) is 7.36. The van der Waals surface area contributed by atoms with Gasteiger partial charge in [-0.15, -0.1) is 0 Å². The Morgan fingerprint density at radius 2 is 1.95 bits per heavy atom. The molecule has 2 aliphatic heterocycles. The number of aromatic nitrogens is 4. The van der Waals surface area contributed by atoms with Gasteiger partial charge in [0, 0.05) is 51.2 Å². The van der Waals surface area contributed by atoms with Gasteiger partial charge in [0.15, 0.2) is 5.82 Å². The summed E-state index contributed by atoms with van der Waals surface area (Å²) in [5, 5.41) is 3.27. The molecule has 5 heterocycles. The molecule has 0 bridgehead atoms. The molecule has 212 valence electrons. The standard InChI is InChI=1S/C27H30F3N7O3/c1-26(9-12-39-13-10-26)36(2)24-23-20(4-3-11-37(23)17-38)34-25(35-24)33-15-18-5-8-22(32-14-18)40-19-6-7-21(31-16-19)27(28,29)30/h5-8,14,16-17H,3-4,9-13,15H2,1-2H3,(H,33,34,35). The van der Waals surface area contributed by atoms with Crippen LogP contribution in [0.5, 0.6) is 11.6 Å². The molecule has 3 aromatic rings. The van der Waals surface area contributed by atoms with Crippen molar-refractivity contribution in [3.8, 4) is 11.6 Å². The van der Waals surface area contributed by atoms with E-state index in [1.54, 1.807) is 23.2 Å². The summed E-state index contributed by atoms with van der Waals surface area (Å²) in [6.07, 6.45) is 2.18. The van der Waals surface area contributed by atoms with Gasteiger partial charge in [0.25, 0.3) is 0 Å². The van der Waals surface area contributed by atoms with Crippen molar-refractivity contribution in [2.75, 3.05) is 41.9 Å². The van der Waals surface area contributed by atoms with Crippen LogP contribution in [0.25, 0.3) is 0 Å². The Labute approximate surface area is 229 Å². The maximum Gasteiger partial charge on any atom is 0.433 e. The number of hydrogen-bond donors (Lipinski definition) is 1. The van der Waals surface area contributed by atoms with Gasteiger partial charge < -0.3 is 24.6 Å². The van der Waals surface area contributed by atoms with Gasteiger partial charge in [-0.3, -0.25) is 4.79 Å². The highest BCUT2D eigenvalue weighted by atomic mass is 19.4. The number of carbonyl (C=O) groups excluding carboxylic acids is 1. The molecule has 10 nitrogen and oxygen atoms in total. The number of carbonyl (C=O) groups is 1. The molecule has 0 saturated carbocycles. The summed E-state index contributed by atoms with van der Waals surface area (Å²) in [6.45, 7) is 4.51. The van der Waals surface area contributed by atoms with Crippen LogP contribution in [0.3, 0.4) is 0 Å². The van der Waals surface area contributed by atoms with Gasteiger partial charge in [-0.2, -0.15) is 18.2 Å². The lowest BCUT2D eigenvalue weighted by Crippen LogP contribution is -2.49. The van der Waals surface area contributed by atoms with Gasteiger partial charge in [-0.05, 0) is 50.3 Å². The van der Waals surface area contributed by atoms with Crippen molar-refractivity contribution < 1.29 is 27.4 Å². The molecule has 1 saturated heterocycles. The fourth-order valence-corrected chi connectivity index (χ4v) is 4.79. The van der Waals surface area contributed by atoms with Crippen LogP contribution in [0, 0.1) is 0 Å². The number of pyridine rings is 2. The summed E-state index contributed by atoms with van der Waals surface area (Å²) in [4.78, 5) is 32.9. The predicted octanol–water partition coefficient (Wildman–Crippen LogP) is 4.60. The number of hydrogen-bond acceptors (Lipinski definition) is 9. The number of alkyl halides is 3. The van der Waals surface area contributed by atoms with Gasteiger partial charge in [0.1, 0.15) is 17.1 Å². The first-order valence-electron chi connectivity index (χ1n) is 13.0. The first kappa shape index (κ1) is 27.6. The highest BCUT2D eigenvalue weighted by Gasteiger charge is 2.36. The number of ether oxygens (including phenoxy) is 2. The molecule has 40 heavy (non-hydrogen) atoms. The second kappa shape index (κ2) is 11.2. The van der Waals surface area contributed by atoms with Crippen LogP contribution in [-0.2, 0) is 28.7 Å². The van der Waals surface area contributed by atoms with Crippen molar-refractivity contribution in [2.24, 2.45) is 0 Å². The third kappa shape index (κ3) is 5.93. The Kier molecular flexibility index (Phi) is 7.74. The topological polar surface area (TPSA) is 106 Å². The second-order valence-corrected chi connectivity index (χ2v) is 10.1. The number of nitrogens with zero attached hydrogens (tertiary/aromatic N) is 6. The smallest absolute Gasteiger partial charge is 0.433 e. The lowest BCUT2D eigenvalue weighted by Gasteiger charge is -2.44. The summed E-state index contributed by atoms with van der Waals surface area (Å²) >= 11 is 0. The molecule has 0 spiro atoms. The number of halogens is 3. The van der Waals surface area contributed by atoms with Crippen molar-refractivity contribution in [3.63, 3.8) is 0 Å². The molecule has 1 fully saturated rings. The molecule has 0 unspecified atom stereocenters. The molecule has 3 aromatic heterocycles. The fourth-order valence-electron chi connectivity index (χ4n) is 4.79. The summed E-state index contributed by atoms with van der Waals surface area (Å²) in [6, 6.07) is 5.46. The minimum Gasteiger partial charge on any atom is -0.437 e. The summed E-state index contributed by atoms with van der Waals surface area (Å²) in [5.74, 6) is 1.52. The quantitative estimate of drug-likeness (QED) is 0.398. The molecule has 0 atom stereocenters. The molecule has 0 aromatic carbocycles. The largest absolute Gasteiger partial charge is 0.437 e. The van der Waals surface area contributed by atoms with Crippen molar-refractivity contribution in [1.82, 2.24) is 19.9 Å². The number of nitrogens with one attached hydrogen (secondary N) is 1. The fraction of sp³-hybridized carbons (Fsp3) is 0.444. The molecule has 0 radical (unpaired) electrons. The number of aryl methyl sites for hydroxylation is 1. The third-order valence-corrected chi connectivity index (χ3v) is 7.36. The van der Waals surface area contributed by atoms with E-state index in [4.69, 9.17) is 19.4 Å². The van der Waals surface area contributed by atoms with E-state index in [9.17, 15) is 18.0 Å². The van der Waals surface area contributed by atoms with Crippen LogP contribution in [-0.4, -0.2) is 58.7 Å². The molecular weight excluding hydrogens is 527 g/mol. The van der Waals surface area contributed by atoms with Crippen molar-refractivity contribution in [1.29, 1.82) is 0 Å². The maximum absolute atomic E-state index is 12.7. The average Bonchev–Trinajstić information content (AvgIpc) is 2.96. The average molecular weight is 558 g/mol. The Bertz CT molecular complexity index is 1330. The monoisotopic (exact) mass is 557 g/mol. The SMILES string of the molecule is CN(c1nc(NCc2ccc(Oc3ccc(C(F)(F)F)nc3)nc2)nc2c1N(C=O)CCC2)C1(C)CCOCC1. The number of amides is 1. The Hall–Kier alpha value is -4.00. The first-order chi connectivity index (χ1) is 19.2. The first-order valence-corrected chi connectivity index (χ1v) is 13.0. The van der Waals surface area contributed by atoms with E-state index in [1.807, 2.05) is 7.05 Å². The van der Waals surface area contributed by atoms with E-state index in [2.05, 4.69) is 27.1 Å². The van der Waals surface area contributed by atoms with Crippen LogP contribution < -0.4 is 19.9 Å². The van der Waals surface area contributed by atoms with Crippen molar-refractivity contribution >= 4 is 23.9 Å². The molecule has 13 heteroatoms. The van der Waals surface area contributed by atoms with Crippen LogP contribution in [0.2, 0.25) is 0 Å². The van der Waals surface area contributed by atoms with Crippen LogP contribution in [0.4, 0.5) is 30.6 Å². The molecule has 1 amide bonds. The van der Waals surface area contributed by atoms with Gasteiger partial charge in [-0.1, -0.05) is 6.07 Å². The van der Waals surface area contributed by atoms with E-state index in [1.165, 1.54) is 6.07 Å². The van der Waals surface area contributed by atoms with Gasteiger partial charge in [0.2, 0.25) is 18.2 Å². The van der Waals surface area contributed by atoms with Crippen LogP contribution in [0.15, 0.2) is 36.7 Å². The molecule has 0 aliphatic carbocycles. The lowest BCUT2D eigenvalue weighted by atomic mass is 9.90. The minimum absolute atomic E-state index is 0.146. The number of anilines is 3. The zero-order valence-electron chi connectivity index (χ0n) is 22.2. The summed E-state index contributed by atoms with van der Waals surface area (Å²) in [7, 11) is 2.00. The molecule has 5 rings (SSSR count). The van der Waals surface area contributed by atoms with Crippen molar-refractivity contribution in [3.05, 3.63) is 53.6 Å². The van der Waals surface area contributed by atoms with E-state index < -0.39 is 11.9 Å². The molecular formula is C27H30F3N7O3. The van der Waals surface area contributed by atoms with Crippen LogP contribution >= 0.6 is 0 Å². The Balaban J connectivity index is 1.31. The van der Waals surface area contributed by atoms with Gasteiger partial charge >= 0.3 is 6.18 Å². The van der Waals surface area contributed by atoms with Crippen molar-refractivity contribution in [2.45, 2.75) is 50.9 Å².